The van der Waals surface area contributed by atoms with Gasteiger partial charge in [-0.2, -0.15) is 11.8 Å². The van der Waals surface area contributed by atoms with Crippen molar-refractivity contribution in [2.45, 2.75) is 26.2 Å². The third-order valence-corrected chi connectivity index (χ3v) is 3.70. The number of thioether (sulfide) groups is 1. The molecule has 1 amide bonds. The van der Waals surface area contributed by atoms with E-state index in [9.17, 15) is 4.79 Å². The largest absolute Gasteiger partial charge is 0.495 e. The van der Waals surface area contributed by atoms with Crippen LogP contribution in [0, 0.1) is 0 Å². The van der Waals surface area contributed by atoms with E-state index in [-0.39, 0.29) is 18.3 Å². The molecule has 0 aromatic heterocycles. The van der Waals surface area contributed by atoms with Crippen molar-refractivity contribution in [2.24, 2.45) is 0 Å². The van der Waals surface area contributed by atoms with E-state index in [0.717, 1.165) is 11.5 Å². The van der Waals surface area contributed by atoms with Gasteiger partial charge in [0.25, 0.3) is 0 Å². The number of benzene rings is 1. The van der Waals surface area contributed by atoms with Crippen molar-refractivity contribution in [1.29, 1.82) is 0 Å². The van der Waals surface area contributed by atoms with E-state index in [1.165, 1.54) is 12.8 Å². The Hall–Kier alpha value is -1.07. The molecule has 6 heteroatoms. The van der Waals surface area contributed by atoms with Crippen molar-refractivity contribution >= 4 is 41.5 Å². The Morgan fingerprint density at radius 2 is 2.15 bits per heavy atom. The highest BCUT2D eigenvalue weighted by molar-refractivity contribution is 7.99. The van der Waals surface area contributed by atoms with Gasteiger partial charge in [0.05, 0.1) is 12.8 Å². The summed E-state index contributed by atoms with van der Waals surface area (Å²) in [4.78, 5) is 11.7. The summed E-state index contributed by atoms with van der Waals surface area (Å²) in [5.74, 6) is 2.62. The van der Waals surface area contributed by atoms with Crippen LogP contribution in [0.2, 0.25) is 0 Å². The zero-order valence-corrected chi connectivity index (χ0v) is 13.6. The summed E-state index contributed by atoms with van der Waals surface area (Å²) in [6, 6.07) is 5.25. The number of ether oxygens (including phenoxy) is 1. The minimum absolute atomic E-state index is 0. The minimum Gasteiger partial charge on any atom is -0.495 e. The van der Waals surface area contributed by atoms with Gasteiger partial charge in [0.2, 0.25) is 5.91 Å². The molecule has 0 aliphatic rings. The van der Waals surface area contributed by atoms with Crippen molar-refractivity contribution in [2.75, 3.05) is 29.7 Å². The molecule has 0 saturated carbocycles. The van der Waals surface area contributed by atoms with Gasteiger partial charge in [0.1, 0.15) is 5.75 Å². The Morgan fingerprint density at radius 3 is 2.75 bits per heavy atom. The maximum Gasteiger partial charge on any atom is 0.225 e. The number of hydrogen-bond acceptors (Lipinski definition) is 4. The predicted octanol–water partition coefficient (Wildman–Crippen LogP) is 3.56. The van der Waals surface area contributed by atoms with Crippen LogP contribution in [-0.4, -0.2) is 24.5 Å². The first-order valence-corrected chi connectivity index (χ1v) is 7.64. The predicted molar refractivity (Wildman–Crippen MR) is 90.1 cm³/mol. The normalized spacial score (nSPS) is 9.70. The SMILES string of the molecule is CCCCSCCC(=O)Nc1ccc(OC)c(N)c1.Cl. The van der Waals surface area contributed by atoms with Crippen LogP contribution in [-0.2, 0) is 4.79 Å². The van der Waals surface area contributed by atoms with Gasteiger partial charge < -0.3 is 15.8 Å². The lowest BCUT2D eigenvalue weighted by Gasteiger charge is -2.08. The molecule has 20 heavy (non-hydrogen) atoms. The zero-order chi connectivity index (χ0) is 14.1. The summed E-state index contributed by atoms with van der Waals surface area (Å²) in [7, 11) is 1.57. The van der Waals surface area contributed by atoms with Crippen LogP contribution in [0.1, 0.15) is 26.2 Å². The number of carbonyl (C=O) groups excluding carboxylic acids is 1. The summed E-state index contributed by atoms with van der Waals surface area (Å²) in [6.07, 6.45) is 2.94. The minimum atomic E-state index is 0. The van der Waals surface area contributed by atoms with Crippen LogP contribution >= 0.6 is 24.2 Å². The molecule has 0 atom stereocenters. The van der Waals surface area contributed by atoms with Crippen LogP contribution in [0.5, 0.6) is 5.75 Å². The van der Waals surface area contributed by atoms with Gasteiger partial charge in [-0.3, -0.25) is 4.79 Å². The lowest BCUT2D eigenvalue weighted by molar-refractivity contribution is -0.115. The third kappa shape index (κ3) is 6.91. The number of carbonyl (C=O) groups is 1. The van der Waals surface area contributed by atoms with Gasteiger partial charge in [0, 0.05) is 17.9 Å². The summed E-state index contributed by atoms with van der Waals surface area (Å²) in [6.45, 7) is 2.17. The Bertz CT molecular complexity index is 416. The third-order valence-electron chi connectivity index (χ3n) is 2.63. The maximum absolute atomic E-state index is 11.7. The summed E-state index contributed by atoms with van der Waals surface area (Å²) in [5, 5.41) is 2.84. The van der Waals surface area contributed by atoms with Crippen LogP contribution < -0.4 is 15.8 Å². The highest BCUT2D eigenvalue weighted by Crippen LogP contribution is 2.24. The Labute approximate surface area is 131 Å². The molecule has 0 unspecified atom stereocenters. The van der Waals surface area contributed by atoms with E-state index < -0.39 is 0 Å². The number of rotatable bonds is 8. The molecule has 0 radical (unpaired) electrons. The fourth-order valence-corrected chi connectivity index (χ4v) is 2.58. The Kier molecular flexibility index (Phi) is 10.1. The van der Waals surface area contributed by atoms with Gasteiger partial charge >= 0.3 is 0 Å². The van der Waals surface area contributed by atoms with Gasteiger partial charge in [-0.05, 0) is 30.4 Å². The molecule has 4 nitrogen and oxygen atoms in total. The first kappa shape index (κ1) is 18.9. The zero-order valence-electron chi connectivity index (χ0n) is 12.0. The van der Waals surface area contributed by atoms with E-state index in [4.69, 9.17) is 10.5 Å². The topological polar surface area (TPSA) is 64.3 Å². The van der Waals surface area contributed by atoms with Crippen molar-refractivity contribution < 1.29 is 9.53 Å². The van der Waals surface area contributed by atoms with Gasteiger partial charge in [0.15, 0.2) is 0 Å². The molecule has 3 N–H and O–H groups in total. The van der Waals surface area contributed by atoms with E-state index in [1.54, 1.807) is 25.3 Å². The standard InChI is InChI=1S/C14H22N2O2S.ClH/c1-3-4-8-19-9-7-14(17)16-11-5-6-13(18-2)12(15)10-11;/h5-6,10H,3-4,7-9,15H2,1-2H3,(H,16,17);1H. The number of unbranched alkanes of at least 4 members (excludes halogenated alkanes) is 1. The highest BCUT2D eigenvalue weighted by atomic mass is 35.5. The molecular formula is C14H23ClN2O2S. The summed E-state index contributed by atoms with van der Waals surface area (Å²) in [5.41, 5.74) is 7.02. The molecule has 0 bridgehead atoms. The smallest absolute Gasteiger partial charge is 0.225 e. The van der Waals surface area contributed by atoms with E-state index in [0.29, 0.717) is 23.5 Å². The molecule has 0 fully saturated rings. The highest BCUT2D eigenvalue weighted by Gasteiger charge is 2.05. The fraction of sp³-hybridized carbons (Fsp3) is 0.500. The van der Waals surface area contributed by atoms with E-state index in [2.05, 4.69) is 12.2 Å². The molecule has 0 aliphatic heterocycles. The van der Waals surface area contributed by atoms with Gasteiger partial charge in [-0.1, -0.05) is 13.3 Å². The lowest BCUT2D eigenvalue weighted by Crippen LogP contribution is -2.12. The number of halogens is 1. The van der Waals surface area contributed by atoms with Crippen LogP contribution in [0.15, 0.2) is 18.2 Å². The molecule has 0 saturated heterocycles. The summed E-state index contributed by atoms with van der Waals surface area (Å²) < 4.78 is 5.07. The molecule has 114 valence electrons. The molecule has 0 spiro atoms. The average molecular weight is 319 g/mol. The van der Waals surface area contributed by atoms with Crippen LogP contribution in [0.25, 0.3) is 0 Å². The first-order chi connectivity index (χ1) is 9.17. The van der Waals surface area contributed by atoms with Crippen molar-refractivity contribution in [1.82, 2.24) is 0 Å². The van der Waals surface area contributed by atoms with Crippen molar-refractivity contribution in [3.05, 3.63) is 18.2 Å². The number of nitrogen functional groups attached to an aromatic ring is 1. The molecule has 0 heterocycles. The second-order valence-corrected chi connectivity index (χ2v) is 5.45. The van der Waals surface area contributed by atoms with Crippen molar-refractivity contribution in [3.8, 4) is 5.75 Å². The lowest BCUT2D eigenvalue weighted by atomic mass is 10.2. The quantitative estimate of drug-likeness (QED) is 0.568. The molecule has 1 aromatic carbocycles. The number of hydrogen-bond donors (Lipinski definition) is 2. The van der Waals surface area contributed by atoms with Crippen LogP contribution in [0.4, 0.5) is 11.4 Å². The Morgan fingerprint density at radius 1 is 1.40 bits per heavy atom. The monoisotopic (exact) mass is 318 g/mol. The number of anilines is 2. The molecular weight excluding hydrogens is 296 g/mol. The second kappa shape index (κ2) is 10.7. The van der Waals surface area contributed by atoms with Gasteiger partial charge in [-0.15, -0.1) is 12.4 Å². The summed E-state index contributed by atoms with van der Waals surface area (Å²) >= 11 is 1.82. The van der Waals surface area contributed by atoms with Crippen LogP contribution in [0.3, 0.4) is 0 Å². The number of nitrogens with two attached hydrogens (primary N) is 1. The number of amides is 1. The van der Waals surface area contributed by atoms with Crippen molar-refractivity contribution in [3.63, 3.8) is 0 Å². The van der Waals surface area contributed by atoms with Gasteiger partial charge in [-0.25, -0.2) is 0 Å². The first-order valence-electron chi connectivity index (χ1n) is 6.48. The second-order valence-electron chi connectivity index (χ2n) is 4.22. The number of nitrogens with one attached hydrogen (secondary N) is 1. The average Bonchev–Trinajstić information content (AvgIpc) is 2.39. The van der Waals surface area contributed by atoms with E-state index >= 15 is 0 Å². The Balaban J connectivity index is 0.00000361. The molecule has 0 aliphatic carbocycles. The number of methoxy groups -OCH3 is 1. The molecule has 1 rings (SSSR count). The fourth-order valence-electron chi connectivity index (χ4n) is 1.55. The maximum atomic E-state index is 11.7. The molecule has 1 aromatic rings. The van der Waals surface area contributed by atoms with E-state index in [1.807, 2.05) is 11.8 Å².